The fourth-order valence-corrected chi connectivity index (χ4v) is 3.06. The third-order valence-corrected chi connectivity index (χ3v) is 4.48. The van der Waals surface area contributed by atoms with Crippen LogP contribution >= 0.6 is 0 Å². The van der Waals surface area contributed by atoms with Crippen LogP contribution in [0, 0.1) is 5.92 Å². The van der Waals surface area contributed by atoms with Gasteiger partial charge < -0.3 is 15.0 Å². The Labute approximate surface area is 140 Å². The Bertz CT molecular complexity index is 465. The Morgan fingerprint density at radius 3 is 2.57 bits per heavy atom. The van der Waals surface area contributed by atoms with Crippen molar-refractivity contribution < 1.29 is 9.53 Å². The molecule has 1 aliphatic heterocycles. The van der Waals surface area contributed by atoms with Crippen molar-refractivity contribution in [1.82, 2.24) is 10.2 Å². The van der Waals surface area contributed by atoms with Crippen molar-refractivity contribution in [2.24, 2.45) is 5.92 Å². The summed E-state index contributed by atoms with van der Waals surface area (Å²) in [6.45, 7) is 5.74. The van der Waals surface area contributed by atoms with Gasteiger partial charge in [-0.3, -0.25) is 4.79 Å². The molecule has 128 valence electrons. The van der Waals surface area contributed by atoms with E-state index in [1.807, 2.05) is 24.1 Å². The lowest BCUT2D eigenvalue weighted by Gasteiger charge is -2.32. The highest BCUT2D eigenvalue weighted by molar-refractivity contribution is 5.76. The van der Waals surface area contributed by atoms with Gasteiger partial charge in [-0.15, -0.1) is 0 Å². The number of benzene rings is 1. The summed E-state index contributed by atoms with van der Waals surface area (Å²) in [5, 5.41) is 3.23. The minimum atomic E-state index is 0.291. The molecule has 23 heavy (non-hydrogen) atoms. The molecular weight excluding hydrogens is 288 g/mol. The van der Waals surface area contributed by atoms with Gasteiger partial charge in [0.1, 0.15) is 5.75 Å². The van der Waals surface area contributed by atoms with E-state index in [4.69, 9.17) is 4.74 Å². The Kier molecular flexibility index (Phi) is 7.40. The number of nitrogens with one attached hydrogen (secondary N) is 1. The molecule has 4 heteroatoms. The van der Waals surface area contributed by atoms with Gasteiger partial charge in [-0.25, -0.2) is 0 Å². The van der Waals surface area contributed by atoms with E-state index in [1.165, 1.54) is 5.56 Å². The van der Waals surface area contributed by atoms with Crippen molar-refractivity contribution in [1.29, 1.82) is 0 Å². The Balaban J connectivity index is 1.72. The lowest BCUT2D eigenvalue weighted by atomic mass is 9.96. The van der Waals surface area contributed by atoms with Crippen molar-refractivity contribution >= 4 is 5.91 Å². The second-order valence-corrected chi connectivity index (χ2v) is 6.37. The number of hydrogen-bond acceptors (Lipinski definition) is 3. The van der Waals surface area contributed by atoms with E-state index in [0.717, 1.165) is 63.6 Å². The van der Waals surface area contributed by atoms with Gasteiger partial charge in [0.05, 0.1) is 6.61 Å². The number of hydrogen-bond donors (Lipinski definition) is 1. The van der Waals surface area contributed by atoms with Gasteiger partial charge in [-0.1, -0.05) is 19.1 Å². The van der Waals surface area contributed by atoms with E-state index < -0.39 is 0 Å². The minimum Gasteiger partial charge on any atom is -0.494 e. The summed E-state index contributed by atoms with van der Waals surface area (Å²) in [7, 11) is 2.00. The molecule has 0 spiro atoms. The molecule has 1 heterocycles. The number of rotatable bonds is 8. The molecule has 1 amide bonds. The van der Waals surface area contributed by atoms with Crippen molar-refractivity contribution in [2.75, 3.05) is 33.3 Å². The number of piperidine rings is 1. The van der Waals surface area contributed by atoms with E-state index in [-0.39, 0.29) is 0 Å². The van der Waals surface area contributed by atoms with Crippen LogP contribution in [0.4, 0.5) is 0 Å². The van der Waals surface area contributed by atoms with Crippen molar-refractivity contribution in [3.63, 3.8) is 0 Å². The maximum absolute atomic E-state index is 12.3. The molecule has 1 aliphatic rings. The molecule has 0 radical (unpaired) electrons. The first-order valence-corrected chi connectivity index (χ1v) is 8.87. The monoisotopic (exact) mass is 318 g/mol. The van der Waals surface area contributed by atoms with Crippen LogP contribution in [0.15, 0.2) is 24.3 Å². The summed E-state index contributed by atoms with van der Waals surface area (Å²) in [6, 6.07) is 8.13. The first-order valence-electron chi connectivity index (χ1n) is 8.87. The highest BCUT2D eigenvalue weighted by atomic mass is 16.5. The molecule has 0 bridgehead atoms. The summed E-state index contributed by atoms with van der Waals surface area (Å²) in [5.41, 5.74) is 1.20. The lowest BCUT2D eigenvalue weighted by Crippen LogP contribution is -2.40. The zero-order chi connectivity index (χ0) is 16.5. The summed E-state index contributed by atoms with van der Waals surface area (Å²) in [5.74, 6) is 1.92. The van der Waals surface area contributed by atoms with Crippen molar-refractivity contribution in [3.05, 3.63) is 29.8 Å². The van der Waals surface area contributed by atoms with E-state index in [0.29, 0.717) is 12.3 Å². The van der Waals surface area contributed by atoms with Gasteiger partial charge in [0, 0.05) is 19.5 Å². The first kappa shape index (κ1) is 17.8. The summed E-state index contributed by atoms with van der Waals surface area (Å²) >= 11 is 0. The summed E-state index contributed by atoms with van der Waals surface area (Å²) in [4.78, 5) is 14.4. The molecular formula is C19H30N2O2. The smallest absolute Gasteiger partial charge is 0.222 e. The largest absolute Gasteiger partial charge is 0.494 e. The van der Waals surface area contributed by atoms with Crippen LogP contribution in [0.5, 0.6) is 5.75 Å². The number of aryl methyl sites for hydroxylation is 1. The van der Waals surface area contributed by atoms with Crippen LogP contribution in [-0.4, -0.2) is 44.1 Å². The van der Waals surface area contributed by atoms with Gasteiger partial charge >= 0.3 is 0 Å². The number of ether oxygens (including phenoxy) is 1. The van der Waals surface area contributed by atoms with Crippen LogP contribution in [-0.2, 0) is 11.2 Å². The second-order valence-electron chi connectivity index (χ2n) is 6.37. The third-order valence-electron chi connectivity index (χ3n) is 4.48. The standard InChI is InChI=1S/C19H30N2O2/c1-3-14-23-18-7-4-16(5-8-18)6-9-19(22)21-12-10-17(11-13-21)15-20-2/h4-5,7-8,17,20H,3,6,9-15H2,1-2H3. The Morgan fingerprint density at radius 1 is 1.26 bits per heavy atom. The topological polar surface area (TPSA) is 41.6 Å². The van der Waals surface area contributed by atoms with Crippen LogP contribution in [0.1, 0.15) is 38.2 Å². The predicted octanol–water partition coefficient (Wildman–Crippen LogP) is 2.87. The van der Waals surface area contributed by atoms with Gasteiger partial charge in [0.15, 0.2) is 0 Å². The first-order chi connectivity index (χ1) is 11.2. The normalized spacial score (nSPS) is 15.7. The number of carbonyl (C=O) groups excluding carboxylic acids is 1. The van der Waals surface area contributed by atoms with Gasteiger partial charge in [-0.2, -0.15) is 0 Å². The highest BCUT2D eigenvalue weighted by Gasteiger charge is 2.21. The number of likely N-dealkylation sites (tertiary alicyclic amines) is 1. The van der Waals surface area contributed by atoms with Gasteiger partial charge in [0.25, 0.3) is 0 Å². The lowest BCUT2D eigenvalue weighted by molar-refractivity contribution is -0.132. The average molecular weight is 318 g/mol. The van der Waals surface area contributed by atoms with Crippen LogP contribution in [0.2, 0.25) is 0 Å². The molecule has 0 aromatic heterocycles. The van der Waals surface area contributed by atoms with Crippen molar-refractivity contribution in [3.8, 4) is 5.75 Å². The molecule has 1 N–H and O–H groups in total. The number of amides is 1. The SMILES string of the molecule is CCCOc1ccc(CCC(=O)N2CCC(CNC)CC2)cc1. The third kappa shape index (κ3) is 5.87. The highest BCUT2D eigenvalue weighted by Crippen LogP contribution is 2.18. The predicted molar refractivity (Wildman–Crippen MR) is 93.8 cm³/mol. The fraction of sp³-hybridized carbons (Fsp3) is 0.632. The molecule has 4 nitrogen and oxygen atoms in total. The maximum Gasteiger partial charge on any atom is 0.222 e. The van der Waals surface area contributed by atoms with Crippen LogP contribution < -0.4 is 10.1 Å². The Morgan fingerprint density at radius 2 is 1.96 bits per heavy atom. The summed E-state index contributed by atoms with van der Waals surface area (Å²) < 4.78 is 5.58. The number of carbonyl (C=O) groups is 1. The molecule has 1 aromatic carbocycles. The molecule has 0 aliphatic carbocycles. The summed E-state index contributed by atoms with van der Waals surface area (Å²) in [6.07, 6.45) is 4.67. The quantitative estimate of drug-likeness (QED) is 0.801. The Hall–Kier alpha value is -1.55. The van der Waals surface area contributed by atoms with Crippen LogP contribution in [0.3, 0.4) is 0 Å². The molecule has 0 saturated carbocycles. The van der Waals surface area contributed by atoms with E-state index in [1.54, 1.807) is 0 Å². The van der Waals surface area contributed by atoms with Gasteiger partial charge in [-0.05, 0) is 62.9 Å². The second kappa shape index (κ2) is 9.56. The van der Waals surface area contributed by atoms with Crippen LogP contribution in [0.25, 0.3) is 0 Å². The van der Waals surface area contributed by atoms with E-state index >= 15 is 0 Å². The fourth-order valence-electron chi connectivity index (χ4n) is 3.06. The molecule has 0 unspecified atom stereocenters. The number of nitrogens with zero attached hydrogens (tertiary/aromatic N) is 1. The molecule has 1 saturated heterocycles. The zero-order valence-electron chi connectivity index (χ0n) is 14.5. The molecule has 2 rings (SSSR count). The van der Waals surface area contributed by atoms with Gasteiger partial charge in [0.2, 0.25) is 5.91 Å². The molecule has 0 atom stereocenters. The average Bonchev–Trinajstić information content (AvgIpc) is 2.59. The van der Waals surface area contributed by atoms with E-state index in [9.17, 15) is 4.79 Å². The van der Waals surface area contributed by atoms with Crippen molar-refractivity contribution in [2.45, 2.75) is 39.0 Å². The maximum atomic E-state index is 12.3. The van der Waals surface area contributed by atoms with E-state index in [2.05, 4.69) is 24.4 Å². The minimum absolute atomic E-state index is 0.291. The zero-order valence-corrected chi connectivity index (χ0v) is 14.5. The molecule has 1 fully saturated rings. The molecule has 1 aromatic rings.